The zero-order valence-corrected chi connectivity index (χ0v) is 17.1. The van der Waals surface area contributed by atoms with Crippen LogP contribution in [-0.2, 0) is 16.2 Å². The number of hydrogen-bond donors (Lipinski definition) is 1. The summed E-state index contributed by atoms with van der Waals surface area (Å²) in [7, 11) is 1.51. The summed E-state index contributed by atoms with van der Waals surface area (Å²) in [4.78, 5) is 25.5. The quantitative estimate of drug-likeness (QED) is 0.306. The average molecular weight is 496 g/mol. The molecule has 27 heavy (non-hydrogen) atoms. The highest BCUT2D eigenvalue weighted by Crippen LogP contribution is 2.25. The highest BCUT2D eigenvalue weighted by Gasteiger charge is 2.30. The van der Waals surface area contributed by atoms with Gasteiger partial charge >= 0.3 is 0 Å². The number of carbonyl (C=O) groups is 2. The van der Waals surface area contributed by atoms with Crippen molar-refractivity contribution in [3.63, 3.8) is 0 Å². The van der Waals surface area contributed by atoms with Gasteiger partial charge in [0.2, 0.25) is 0 Å². The van der Waals surface area contributed by atoms with Crippen molar-refractivity contribution >= 4 is 57.8 Å². The smallest absolute Gasteiger partial charge is 0.265 e. The second kappa shape index (κ2) is 8.13. The van der Waals surface area contributed by atoms with Crippen molar-refractivity contribution in [2.45, 2.75) is 6.61 Å². The lowest BCUT2D eigenvalue weighted by molar-refractivity contribution is -0.128. The van der Waals surface area contributed by atoms with Crippen LogP contribution in [0.25, 0.3) is 6.08 Å². The van der Waals surface area contributed by atoms with Crippen LogP contribution < -0.4 is 10.1 Å². The van der Waals surface area contributed by atoms with E-state index in [4.69, 9.17) is 17.0 Å². The summed E-state index contributed by atoms with van der Waals surface area (Å²) in [6.07, 6.45) is 1.52. The van der Waals surface area contributed by atoms with Crippen molar-refractivity contribution in [1.29, 1.82) is 0 Å². The molecule has 1 heterocycles. The monoisotopic (exact) mass is 496 g/mol. The van der Waals surface area contributed by atoms with E-state index >= 15 is 0 Å². The minimum atomic E-state index is -0.519. The number of carbonyl (C=O) groups excluding carboxylic acids is 2. The van der Waals surface area contributed by atoms with Crippen molar-refractivity contribution < 1.29 is 18.7 Å². The van der Waals surface area contributed by atoms with E-state index in [0.29, 0.717) is 17.9 Å². The summed E-state index contributed by atoms with van der Waals surface area (Å²) in [5, 5.41) is 2.56. The zero-order chi connectivity index (χ0) is 19.6. The van der Waals surface area contributed by atoms with Gasteiger partial charge in [-0.25, -0.2) is 4.39 Å². The van der Waals surface area contributed by atoms with Gasteiger partial charge in [-0.2, -0.15) is 0 Å². The van der Waals surface area contributed by atoms with Crippen LogP contribution in [0.1, 0.15) is 11.1 Å². The van der Waals surface area contributed by atoms with E-state index in [1.54, 1.807) is 30.3 Å². The van der Waals surface area contributed by atoms with E-state index < -0.39 is 11.8 Å². The predicted octanol–water partition coefficient (Wildman–Crippen LogP) is 3.27. The fourth-order valence-corrected chi connectivity index (χ4v) is 3.25. The first-order valence-corrected chi connectivity index (χ1v) is 9.35. The molecule has 0 spiro atoms. The minimum absolute atomic E-state index is 0.0156. The predicted molar refractivity (Wildman–Crippen MR) is 111 cm³/mol. The lowest BCUT2D eigenvalue weighted by atomic mass is 10.1. The van der Waals surface area contributed by atoms with Gasteiger partial charge in [0.25, 0.3) is 11.8 Å². The third kappa shape index (κ3) is 4.51. The third-order valence-corrected chi connectivity index (χ3v) is 5.10. The Labute approximate surface area is 174 Å². The van der Waals surface area contributed by atoms with Crippen LogP contribution in [0.5, 0.6) is 5.75 Å². The first-order chi connectivity index (χ1) is 12.8. The molecule has 5 nitrogen and oxygen atoms in total. The van der Waals surface area contributed by atoms with Crippen LogP contribution >= 0.6 is 34.8 Å². The molecule has 0 radical (unpaired) electrons. The Morgan fingerprint density at radius 2 is 1.93 bits per heavy atom. The maximum absolute atomic E-state index is 12.9. The fraction of sp³-hybridized carbons (Fsp3) is 0.105. The summed E-state index contributed by atoms with van der Waals surface area (Å²) in [6.45, 7) is 0.305. The van der Waals surface area contributed by atoms with Gasteiger partial charge in [-0.15, -0.1) is 0 Å². The Hall–Kier alpha value is -2.33. The number of likely N-dealkylation sites (N-methyl/N-ethyl adjacent to an activating group) is 1. The summed E-state index contributed by atoms with van der Waals surface area (Å²) < 4.78 is 19.5. The molecule has 0 bridgehead atoms. The fourth-order valence-electron chi connectivity index (χ4n) is 2.38. The topological polar surface area (TPSA) is 58.6 Å². The highest BCUT2D eigenvalue weighted by atomic mass is 127. The normalized spacial score (nSPS) is 15.9. The summed E-state index contributed by atoms with van der Waals surface area (Å²) in [5.41, 5.74) is 1.55. The number of halogens is 2. The lowest BCUT2D eigenvalue weighted by Gasteiger charge is -2.25. The molecule has 8 heteroatoms. The van der Waals surface area contributed by atoms with Crippen molar-refractivity contribution in [2.24, 2.45) is 0 Å². The Balaban J connectivity index is 1.76. The molecule has 0 unspecified atom stereocenters. The number of thiocarbonyl (C=S) groups is 1. The van der Waals surface area contributed by atoms with Crippen LogP contribution in [0.4, 0.5) is 4.39 Å². The number of ether oxygens (including phenoxy) is 1. The standard InChI is InChI=1S/C19H14FIN2O3S/c1-23-18(25)14(17(24)22-19(23)27)8-12-4-7-16(15(21)9-12)26-10-11-2-5-13(20)6-3-11/h2-9H,10H2,1H3,(H,22,24,27)/b14-8+. The zero-order valence-electron chi connectivity index (χ0n) is 14.2. The van der Waals surface area contributed by atoms with Gasteiger partial charge in [-0.05, 0) is 76.3 Å². The first kappa shape index (κ1) is 19.4. The molecule has 1 N–H and O–H groups in total. The highest BCUT2D eigenvalue weighted by molar-refractivity contribution is 14.1. The van der Waals surface area contributed by atoms with E-state index in [1.807, 2.05) is 0 Å². The molecule has 1 aliphatic heterocycles. The summed E-state index contributed by atoms with van der Waals surface area (Å²) >= 11 is 7.04. The van der Waals surface area contributed by atoms with Crippen molar-refractivity contribution in [2.75, 3.05) is 7.05 Å². The molecule has 138 valence electrons. The van der Waals surface area contributed by atoms with E-state index in [2.05, 4.69) is 27.9 Å². The molecule has 0 aliphatic carbocycles. The van der Waals surface area contributed by atoms with E-state index in [9.17, 15) is 14.0 Å². The van der Waals surface area contributed by atoms with Gasteiger partial charge in [-0.3, -0.25) is 19.8 Å². The Morgan fingerprint density at radius 3 is 2.59 bits per heavy atom. The molecule has 2 amide bonds. The van der Waals surface area contributed by atoms with Crippen LogP contribution in [0, 0.1) is 9.39 Å². The molecule has 0 saturated carbocycles. The molecule has 3 rings (SSSR count). The van der Waals surface area contributed by atoms with Gasteiger partial charge in [0.15, 0.2) is 5.11 Å². The van der Waals surface area contributed by atoms with Crippen LogP contribution in [0.15, 0.2) is 48.0 Å². The molecule has 2 aromatic carbocycles. The molecule has 0 atom stereocenters. The molecule has 1 saturated heterocycles. The largest absolute Gasteiger partial charge is 0.488 e. The maximum atomic E-state index is 12.9. The van der Waals surface area contributed by atoms with Crippen molar-refractivity contribution in [3.8, 4) is 5.75 Å². The van der Waals surface area contributed by atoms with Crippen molar-refractivity contribution in [1.82, 2.24) is 10.2 Å². The van der Waals surface area contributed by atoms with Gasteiger partial charge in [0.1, 0.15) is 23.7 Å². The Bertz CT molecular complexity index is 960. The lowest BCUT2D eigenvalue weighted by Crippen LogP contribution is -2.52. The second-order valence-electron chi connectivity index (χ2n) is 5.79. The third-order valence-electron chi connectivity index (χ3n) is 3.88. The Kier molecular flexibility index (Phi) is 5.85. The SMILES string of the molecule is CN1C(=O)/C(=C/c2ccc(OCc3ccc(F)cc3)c(I)c2)C(=O)NC1=S. The number of hydrogen-bond acceptors (Lipinski definition) is 4. The average Bonchev–Trinajstić information content (AvgIpc) is 2.64. The van der Waals surface area contributed by atoms with E-state index in [1.165, 1.54) is 30.2 Å². The van der Waals surface area contributed by atoms with Gasteiger partial charge in [-0.1, -0.05) is 18.2 Å². The van der Waals surface area contributed by atoms with E-state index in [0.717, 1.165) is 9.13 Å². The van der Waals surface area contributed by atoms with E-state index in [-0.39, 0.29) is 16.5 Å². The van der Waals surface area contributed by atoms with Gasteiger partial charge < -0.3 is 4.74 Å². The molecular weight excluding hydrogens is 482 g/mol. The molecule has 2 aromatic rings. The summed E-state index contributed by atoms with van der Waals surface area (Å²) in [6, 6.07) is 11.4. The maximum Gasteiger partial charge on any atom is 0.265 e. The number of nitrogens with one attached hydrogen (secondary N) is 1. The first-order valence-electron chi connectivity index (χ1n) is 7.87. The number of benzene rings is 2. The number of nitrogens with zero attached hydrogens (tertiary/aromatic N) is 1. The number of rotatable bonds is 4. The number of amides is 2. The summed E-state index contributed by atoms with van der Waals surface area (Å²) in [5.74, 6) is -0.608. The van der Waals surface area contributed by atoms with Crippen molar-refractivity contribution in [3.05, 3.63) is 68.6 Å². The van der Waals surface area contributed by atoms with Crippen LogP contribution in [0.3, 0.4) is 0 Å². The minimum Gasteiger partial charge on any atom is -0.488 e. The molecule has 0 aromatic heterocycles. The van der Waals surface area contributed by atoms with Gasteiger partial charge in [0.05, 0.1) is 3.57 Å². The van der Waals surface area contributed by atoms with Crippen LogP contribution in [-0.4, -0.2) is 28.9 Å². The molecule has 1 fully saturated rings. The molecule has 1 aliphatic rings. The second-order valence-corrected chi connectivity index (χ2v) is 7.34. The van der Waals surface area contributed by atoms with Gasteiger partial charge in [0, 0.05) is 7.05 Å². The molecular formula is C19H14FIN2O3S. The van der Waals surface area contributed by atoms with Crippen LogP contribution in [0.2, 0.25) is 0 Å². The Morgan fingerprint density at radius 1 is 1.22 bits per heavy atom.